The Kier molecular flexibility index (Phi) is 5.13. The Balaban J connectivity index is 1.69. The number of hydrogen-bond donors (Lipinski definition) is 1. The molecule has 1 fully saturated rings. The van der Waals surface area contributed by atoms with Crippen molar-refractivity contribution < 1.29 is 4.79 Å². The van der Waals surface area contributed by atoms with Crippen LogP contribution in [0, 0.1) is 0 Å². The minimum atomic E-state index is 0.231. The van der Waals surface area contributed by atoms with Crippen LogP contribution in [0.3, 0.4) is 0 Å². The normalized spacial score (nSPS) is 15.9. The van der Waals surface area contributed by atoms with Crippen LogP contribution in [-0.4, -0.2) is 35.4 Å². The molecule has 0 saturated carbocycles. The van der Waals surface area contributed by atoms with Crippen molar-refractivity contribution in [3.05, 3.63) is 16.1 Å². The Morgan fingerprint density at radius 2 is 2.22 bits per heavy atom. The second-order valence-electron chi connectivity index (χ2n) is 4.62. The number of likely N-dealkylation sites (tertiary alicyclic amines) is 1. The highest BCUT2D eigenvalue weighted by Crippen LogP contribution is 2.13. The highest BCUT2D eigenvalue weighted by atomic mass is 32.1. The maximum atomic E-state index is 11.9. The van der Waals surface area contributed by atoms with Crippen molar-refractivity contribution in [1.82, 2.24) is 15.2 Å². The fourth-order valence-electron chi connectivity index (χ4n) is 2.14. The van der Waals surface area contributed by atoms with Gasteiger partial charge in [0.25, 0.3) is 0 Å². The number of carbonyl (C=O) groups is 1. The van der Waals surface area contributed by atoms with Gasteiger partial charge in [-0.1, -0.05) is 6.92 Å². The summed E-state index contributed by atoms with van der Waals surface area (Å²) in [5.41, 5.74) is 0. The van der Waals surface area contributed by atoms with Crippen LogP contribution in [-0.2, 0) is 17.8 Å². The lowest BCUT2D eigenvalue weighted by Crippen LogP contribution is -2.40. The summed E-state index contributed by atoms with van der Waals surface area (Å²) in [7, 11) is 0. The summed E-state index contributed by atoms with van der Waals surface area (Å²) < 4.78 is 0. The second-order valence-corrected chi connectivity index (χ2v) is 5.82. The van der Waals surface area contributed by atoms with Crippen molar-refractivity contribution in [2.75, 3.05) is 19.6 Å². The molecule has 1 N–H and O–H groups in total. The first-order valence-electron chi connectivity index (χ1n) is 6.71. The molecule has 4 nitrogen and oxygen atoms in total. The van der Waals surface area contributed by atoms with Crippen LogP contribution in [0.2, 0.25) is 0 Å². The minimum absolute atomic E-state index is 0.231. The fourth-order valence-corrected chi connectivity index (χ4v) is 2.97. The molecule has 2 heterocycles. The fraction of sp³-hybridized carbons (Fsp3) is 0.692. The molecular formula is C13H21N3OS. The Morgan fingerprint density at radius 3 is 2.89 bits per heavy atom. The molecule has 0 radical (unpaired) electrons. The van der Waals surface area contributed by atoms with E-state index in [2.05, 4.69) is 17.2 Å². The number of hydrogen-bond acceptors (Lipinski definition) is 4. The molecule has 100 valence electrons. The number of nitrogens with zero attached hydrogens (tertiary/aromatic N) is 2. The molecule has 0 bridgehead atoms. The van der Waals surface area contributed by atoms with Gasteiger partial charge in [0, 0.05) is 30.7 Å². The maximum Gasteiger partial charge on any atom is 0.236 e. The first kappa shape index (κ1) is 13.5. The summed E-state index contributed by atoms with van der Waals surface area (Å²) in [4.78, 5) is 19.4. The Morgan fingerprint density at radius 1 is 1.44 bits per heavy atom. The zero-order valence-corrected chi connectivity index (χ0v) is 11.8. The van der Waals surface area contributed by atoms with Gasteiger partial charge in [0.1, 0.15) is 0 Å². The van der Waals surface area contributed by atoms with E-state index in [0.29, 0.717) is 6.54 Å². The summed E-state index contributed by atoms with van der Waals surface area (Å²) in [5, 5.41) is 4.38. The second kappa shape index (κ2) is 6.85. The van der Waals surface area contributed by atoms with E-state index in [-0.39, 0.29) is 5.91 Å². The highest BCUT2D eigenvalue weighted by molar-refractivity contribution is 7.11. The van der Waals surface area contributed by atoms with E-state index in [0.717, 1.165) is 43.9 Å². The third-order valence-corrected chi connectivity index (χ3v) is 4.33. The Labute approximate surface area is 112 Å². The molecule has 1 aliphatic rings. The molecule has 18 heavy (non-hydrogen) atoms. The quantitative estimate of drug-likeness (QED) is 0.885. The van der Waals surface area contributed by atoms with Crippen molar-refractivity contribution in [1.29, 1.82) is 0 Å². The van der Waals surface area contributed by atoms with Crippen molar-refractivity contribution in [3.63, 3.8) is 0 Å². The van der Waals surface area contributed by atoms with Gasteiger partial charge in [-0.3, -0.25) is 4.79 Å². The number of piperidine rings is 1. The van der Waals surface area contributed by atoms with Gasteiger partial charge < -0.3 is 10.2 Å². The molecule has 0 aliphatic carbocycles. The van der Waals surface area contributed by atoms with Crippen LogP contribution >= 0.6 is 11.3 Å². The Hall–Kier alpha value is -0.940. The van der Waals surface area contributed by atoms with Gasteiger partial charge in [0.15, 0.2) is 0 Å². The third kappa shape index (κ3) is 3.78. The molecule has 0 atom stereocenters. The molecule has 0 aromatic carbocycles. The van der Waals surface area contributed by atoms with Crippen LogP contribution in [0.5, 0.6) is 0 Å². The monoisotopic (exact) mass is 267 g/mol. The molecule has 0 unspecified atom stereocenters. The van der Waals surface area contributed by atoms with Crippen molar-refractivity contribution >= 4 is 17.2 Å². The standard InChI is InChI=1S/C13H21N3OS/c1-2-12-15-9-11(18-12)8-14-10-13(17)16-6-4-3-5-7-16/h9,14H,2-8,10H2,1H3. The number of aryl methyl sites for hydroxylation is 1. The van der Waals surface area contributed by atoms with E-state index in [1.54, 1.807) is 11.3 Å². The van der Waals surface area contributed by atoms with Gasteiger partial charge in [0.2, 0.25) is 5.91 Å². The predicted octanol–water partition coefficient (Wildman–Crippen LogP) is 1.81. The number of aromatic nitrogens is 1. The van der Waals surface area contributed by atoms with E-state index >= 15 is 0 Å². The summed E-state index contributed by atoms with van der Waals surface area (Å²) in [6, 6.07) is 0. The molecule has 2 rings (SSSR count). The lowest BCUT2D eigenvalue weighted by molar-refractivity contribution is -0.131. The topological polar surface area (TPSA) is 45.2 Å². The molecule has 1 aromatic heterocycles. The summed E-state index contributed by atoms with van der Waals surface area (Å²) in [6.07, 6.45) is 6.46. The van der Waals surface area contributed by atoms with Gasteiger partial charge in [-0.15, -0.1) is 11.3 Å². The molecule has 5 heteroatoms. The highest BCUT2D eigenvalue weighted by Gasteiger charge is 2.15. The van der Waals surface area contributed by atoms with Crippen LogP contribution in [0.4, 0.5) is 0 Å². The average molecular weight is 267 g/mol. The van der Waals surface area contributed by atoms with Gasteiger partial charge in [0.05, 0.1) is 11.6 Å². The third-order valence-electron chi connectivity index (χ3n) is 3.19. The van der Waals surface area contributed by atoms with Gasteiger partial charge in [-0.05, 0) is 25.7 Å². The number of carbonyl (C=O) groups excluding carboxylic acids is 1. The summed E-state index contributed by atoms with van der Waals surface area (Å²) in [6.45, 7) is 5.16. The minimum Gasteiger partial charge on any atom is -0.342 e. The molecular weight excluding hydrogens is 246 g/mol. The molecule has 1 saturated heterocycles. The number of amides is 1. The van der Waals surface area contributed by atoms with Gasteiger partial charge >= 0.3 is 0 Å². The van der Waals surface area contributed by atoms with Crippen molar-refractivity contribution in [2.24, 2.45) is 0 Å². The zero-order valence-electron chi connectivity index (χ0n) is 10.9. The predicted molar refractivity (Wildman–Crippen MR) is 73.6 cm³/mol. The van der Waals surface area contributed by atoms with E-state index in [9.17, 15) is 4.79 Å². The lowest BCUT2D eigenvalue weighted by Gasteiger charge is -2.26. The van der Waals surface area contributed by atoms with E-state index in [1.807, 2.05) is 11.1 Å². The molecule has 1 aromatic rings. The smallest absolute Gasteiger partial charge is 0.236 e. The number of nitrogens with one attached hydrogen (secondary N) is 1. The Bertz CT molecular complexity index is 385. The van der Waals surface area contributed by atoms with E-state index in [4.69, 9.17) is 0 Å². The van der Waals surface area contributed by atoms with Crippen LogP contribution in [0.25, 0.3) is 0 Å². The lowest BCUT2D eigenvalue weighted by atomic mass is 10.1. The number of rotatable bonds is 5. The summed E-state index contributed by atoms with van der Waals surface area (Å²) in [5.74, 6) is 0.231. The van der Waals surface area contributed by atoms with Gasteiger partial charge in [-0.25, -0.2) is 4.98 Å². The largest absolute Gasteiger partial charge is 0.342 e. The number of thiazole rings is 1. The van der Waals surface area contributed by atoms with Crippen LogP contribution in [0.1, 0.15) is 36.1 Å². The molecule has 1 aliphatic heterocycles. The van der Waals surface area contributed by atoms with E-state index in [1.165, 1.54) is 11.3 Å². The first-order valence-corrected chi connectivity index (χ1v) is 7.53. The van der Waals surface area contributed by atoms with Crippen LogP contribution in [0.15, 0.2) is 6.20 Å². The SMILES string of the molecule is CCc1ncc(CNCC(=O)N2CCCCC2)s1. The van der Waals surface area contributed by atoms with Crippen molar-refractivity contribution in [3.8, 4) is 0 Å². The molecule has 0 spiro atoms. The van der Waals surface area contributed by atoms with E-state index < -0.39 is 0 Å². The van der Waals surface area contributed by atoms with Crippen LogP contribution < -0.4 is 5.32 Å². The molecule has 1 amide bonds. The van der Waals surface area contributed by atoms with Crippen molar-refractivity contribution in [2.45, 2.75) is 39.2 Å². The maximum absolute atomic E-state index is 11.9. The summed E-state index contributed by atoms with van der Waals surface area (Å²) >= 11 is 1.72. The average Bonchev–Trinajstić information content (AvgIpc) is 2.87. The zero-order chi connectivity index (χ0) is 12.8. The first-order chi connectivity index (χ1) is 8.79. The van der Waals surface area contributed by atoms with Gasteiger partial charge in [-0.2, -0.15) is 0 Å².